The first-order valence-electron chi connectivity index (χ1n) is 8.33. The lowest BCUT2D eigenvalue weighted by molar-refractivity contribution is 0.413. The van der Waals surface area contributed by atoms with E-state index < -0.39 is 0 Å². The number of hydrogen-bond donors (Lipinski definition) is 1. The zero-order valence-electron chi connectivity index (χ0n) is 13.9. The quantitative estimate of drug-likeness (QED) is 0.795. The Hall–Kier alpha value is -1.35. The molecular formula is C18H29N3. The fraction of sp³-hybridized carbons (Fsp3) is 0.611. The lowest BCUT2D eigenvalue weighted by Crippen LogP contribution is -2.33. The smallest absolute Gasteiger partial charge is 0.111 e. The molecule has 2 aromatic rings. The van der Waals surface area contributed by atoms with E-state index in [9.17, 15) is 0 Å². The van der Waals surface area contributed by atoms with Crippen LogP contribution < -0.4 is 5.32 Å². The van der Waals surface area contributed by atoms with Gasteiger partial charge in [-0.1, -0.05) is 39.8 Å². The van der Waals surface area contributed by atoms with Gasteiger partial charge in [0.2, 0.25) is 0 Å². The third-order valence-electron chi connectivity index (χ3n) is 3.86. The van der Waals surface area contributed by atoms with Crippen LogP contribution in [0.1, 0.15) is 46.4 Å². The summed E-state index contributed by atoms with van der Waals surface area (Å²) < 4.78 is 2.40. The molecule has 0 aliphatic carbocycles. The minimum atomic E-state index is 0.516. The fourth-order valence-corrected chi connectivity index (χ4v) is 3.07. The molecule has 0 fully saturated rings. The standard InChI is InChI=1S/C18H29N3/c1-5-11-21-17-10-8-7-9-16(17)20-18(21)13-15(19-6-2)12-14(3)4/h7-10,14-15,19H,5-6,11-13H2,1-4H3. The number of nitrogens with one attached hydrogen (secondary N) is 1. The Morgan fingerprint density at radius 2 is 1.95 bits per heavy atom. The summed E-state index contributed by atoms with van der Waals surface area (Å²) in [5, 5.41) is 3.62. The van der Waals surface area contributed by atoms with Gasteiger partial charge in [0, 0.05) is 19.0 Å². The molecule has 1 heterocycles. The van der Waals surface area contributed by atoms with E-state index in [1.165, 1.54) is 17.8 Å². The second kappa shape index (κ2) is 7.60. The first-order chi connectivity index (χ1) is 10.2. The maximum Gasteiger partial charge on any atom is 0.111 e. The highest BCUT2D eigenvalue weighted by atomic mass is 15.1. The number of imidazole rings is 1. The van der Waals surface area contributed by atoms with Crippen molar-refractivity contribution in [3.8, 4) is 0 Å². The first kappa shape index (κ1) is 16.0. The monoisotopic (exact) mass is 287 g/mol. The summed E-state index contributed by atoms with van der Waals surface area (Å²) in [7, 11) is 0. The van der Waals surface area contributed by atoms with E-state index in [0.717, 1.165) is 31.4 Å². The highest BCUT2D eigenvalue weighted by Crippen LogP contribution is 2.19. The van der Waals surface area contributed by atoms with Crippen LogP contribution in [0.4, 0.5) is 0 Å². The van der Waals surface area contributed by atoms with E-state index in [2.05, 4.69) is 61.8 Å². The third kappa shape index (κ3) is 4.07. The van der Waals surface area contributed by atoms with Crippen LogP contribution in [0.5, 0.6) is 0 Å². The molecule has 0 aliphatic rings. The van der Waals surface area contributed by atoms with Gasteiger partial charge >= 0.3 is 0 Å². The maximum absolute atomic E-state index is 4.88. The van der Waals surface area contributed by atoms with Crippen molar-refractivity contribution in [1.29, 1.82) is 0 Å². The van der Waals surface area contributed by atoms with Crippen molar-refractivity contribution in [2.75, 3.05) is 6.54 Å². The van der Waals surface area contributed by atoms with Gasteiger partial charge in [-0.2, -0.15) is 0 Å². The Morgan fingerprint density at radius 1 is 1.19 bits per heavy atom. The summed E-state index contributed by atoms with van der Waals surface area (Å²) in [6.07, 6.45) is 3.35. The molecule has 0 spiro atoms. The van der Waals surface area contributed by atoms with Gasteiger partial charge in [-0.25, -0.2) is 4.98 Å². The largest absolute Gasteiger partial charge is 0.328 e. The van der Waals surface area contributed by atoms with Crippen molar-refractivity contribution in [2.45, 2.75) is 59.5 Å². The van der Waals surface area contributed by atoms with Crippen LogP contribution in [-0.4, -0.2) is 22.1 Å². The van der Waals surface area contributed by atoms with E-state index in [1.54, 1.807) is 0 Å². The second-order valence-electron chi connectivity index (χ2n) is 6.26. The Balaban J connectivity index is 2.28. The summed E-state index contributed by atoms with van der Waals surface area (Å²) in [6, 6.07) is 9.01. The highest BCUT2D eigenvalue weighted by molar-refractivity contribution is 5.75. The number of nitrogens with zero attached hydrogens (tertiary/aromatic N) is 2. The van der Waals surface area contributed by atoms with Crippen LogP contribution in [-0.2, 0) is 13.0 Å². The lowest BCUT2D eigenvalue weighted by atomic mass is 10.0. The number of aryl methyl sites for hydroxylation is 1. The normalized spacial score (nSPS) is 13.2. The summed E-state index contributed by atoms with van der Waals surface area (Å²) in [5.41, 5.74) is 2.40. The van der Waals surface area contributed by atoms with Gasteiger partial charge in [-0.3, -0.25) is 0 Å². The molecule has 3 heteroatoms. The summed E-state index contributed by atoms with van der Waals surface area (Å²) in [5.74, 6) is 1.93. The minimum Gasteiger partial charge on any atom is -0.328 e. The molecular weight excluding hydrogens is 258 g/mol. The SMILES string of the molecule is CCCn1c(CC(CC(C)C)NCC)nc2ccccc21. The first-order valence-corrected chi connectivity index (χ1v) is 8.33. The Labute approximate surface area is 128 Å². The highest BCUT2D eigenvalue weighted by Gasteiger charge is 2.16. The average molecular weight is 287 g/mol. The van der Waals surface area contributed by atoms with Crippen LogP contribution >= 0.6 is 0 Å². The fourth-order valence-electron chi connectivity index (χ4n) is 3.07. The summed E-state index contributed by atoms with van der Waals surface area (Å²) in [6.45, 7) is 11.1. The maximum atomic E-state index is 4.88. The van der Waals surface area contributed by atoms with Gasteiger partial charge in [-0.15, -0.1) is 0 Å². The van der Waals surface area contributed by atoms with Crippen LogP contribution in [0.3, 0.4) is 0 Å². The molecule has 0 radical (unpaired) electrons. The van der Waals surface area contributed by atoms with Crippen molar-refractivity contribution in [2.24, 2.45) is 5.92 Å². The predicted octanol–water partition coefficient (Wildman–Crippen LogP) is 4.01. The Morgan fingerprint density at radius 3 is 2.62 bits per heavy atom. The topological polar surface area (TPSA) is 29.9 Å². The van der Waals surface area contributed by atoms with Gasteiger partial charge < -0.3 is 9.88 Å². The summed E-state index contributed by atoms with van der Waals surface area (Å²) >= 11 is 0. The number of benzene rings is 1. The van der Waals surface area contributed by atoms with Crippen molar-refractivity contribution < 1.29 is 0 Å². The van der Waals surface area contributed by atoms with Crippen molar-refractivity contribution in [1.82, 2.24) is 14.9 Å². The molecule has 1 atom stereocenters. The van der Waals surface area contributed by atoms with Gasteiger partial charge in [0.1, 0.15) is 5.82 Å². The lowest BCUT2D eigenvalue weighted by Gasteiger charge is -2.20. The number of para-hydroxylation sites is 2. The van der Waals surface area contributed by atoms with Crippen LogP contribution in [0.2, 0.25) is 0 Å². The molecule has 116 valence electrons. The number of aromatic nitrogens is 2. The van der Waals surface area contributed by atoms with Crippen LogP contribution in [0.25, 0.3) is 11.0 Å². The molecule has 0 saturated heterocycles. The van der Waals surface area contributed by atoms with Gasteiger partial charge in [-0.05, 0) is 37.4 Å². The molecule has 0 bridgehead atoms. The van der Waals surface area contributed by atoms with Crippen LogP contribution in [0, 0.1) is 5.92 Å². The van der Waals surface area contributed by atoms with E-state index >= 15 is 0 Å². The molecule has 1 N–H and O–H groups in total. The van der Waals surface area contributed by atoms with E-state index in [0.29, 0.717) is 12.0 Å². The van der Waals surface area contributed by atoms with Gasteiger partial charge in [0.25, 0.3) is 0 Å². The Kier molecular flexibility index (Phi) is 5.80. The number of hydrogen-bond acceptors (Lipinski definition) is 2. The zero-order chi connectivity index (χ0) is 15.2. The van der Waals surface area contributed by atoms with Crippen molar-refractivity contribution in [3.63, 3.8) is 0 Å². The average Bonchev–Trinajstić information content (AvgIpc) is 2.77. The molecule has 21 heavy (non-hydrogen) atoms. The molecule has 1 aromatic heterocycles. The minimum absolute atomic E-state index is 0.516. The number of rotatable bonds is 8. The van der Waals surface area contributed by atoms with Crippen LogP contribution in [0.15, 0.2) is 24.3 Å². The second-order valence-corrected chi connectivity index (χ2v) is 6.26. The molecule has 0 saturated carbocycles. The molecule has 1 unspecified atom stereocenters. The molecule has 2 rings (SSSR count). The molecule has 0 amide bonds. The van der Waals surface area contributed by atoms with E-state index in [-0.39, 0.29) is 0 Å². The Bertz CT molecular complexity index is 557. The van der Waals surface area contributed by atoms with Crippen molar-refractivity contribution in [3.05, 3.63) is 30.1 Å². The molecule has 0 aliphatic heterocycles. The van der Waals surface area contributed by atoms with E-state index in [1.807, 2.05) is 0 Å². The predicted molar refractivity (Wildman–Crippen MR) is 90.6 cm³/mol. The third-order valence-corrected chi connectivity index (χ3v) is 3.86. The van der Waals surface area contributed by atoms with E-state index in [4.69, 9.17) is 4.98 Å². The van der Waals surface area contributed by atoms with Gasteiger partial charge in [0.05, 0.1) is 11.0 Å². The zero-order valence-corrected chi connectivity index (χ0v) is 13.9. The molecule has 3 nitrogen and oxygen atoms in total. The summed E-state index contributed by atoms with van der Waals surface area (Å²) in [4.78, 5) is 4.88. The number of fused-ring (bicyclic) bond motifs is 1. The van der Waals surface area contributed by atoms with Gasteiger partial charge in [0.15, 0.2) is 0 Å². The number of likely N-dealkylation sites (N-methyl/N-ethyl adjacent to an activating group) is 1. The van der Waals surface area contributed by atoms with Crippen molar-refractivity contribution >= 4 is 11.0 Å². The molecule has 1 aromatic carbocycles.